The van der Waals surface area contributed by atoms with Gasteiger partial charge >= 0.3 is 5.69 Å². The molecule has 0 radical (unpaired) electrons. The molecule has 2 aromatic carbocycles. The molecule has 1 heterocycles. The maximum Gasteiger partial charge on any atom is 0.335 e. The third-order valence-corrected chi connectivity index (χ3v) is 3.62. The molecule has 0 spiro atoms. The molecule has 6 heteroatoms. The monoisotopic (exact) mass is 343 g/mol. The normalized spacial score (nSPS) is 9.81. The van der Waals surface area contributed by atoms with Gasteiger partial charge in [-0.15, -0.1) is 5.73 Å². The Bertz CT molecular complexity index is 1180. The molecule has 0 atom stereocenters. The minimum atomic E-state index is -0.793. The Labute approximate surface area is 148 Å². The number of hydrogen-bond acceptors (Lipinski definition) is 3. The third-order valence-electron chi connectivity index (χ3n) is 3.62. The lowest BCUT2D eigenvalue weighted by Crippen LogP contribution is -2.30. The Kier molecular flexibility index (Phi) is 4.66. The summed E-state index contributed by atoms with van der Waals surface area (Å²) in [5.74, 6) is -0.519. The van der Waals surface area contributed by atoms with Crippen molar-refractivity contribution in [2.45, 2.75) is 0 Å². The highest BCUT2D eigenvalue weighted by Gasteiger charge is 2.13. The summed E-state index contributed by atoms with van der Waals surface area (Å²) in [4.78, 5) is 29.6. The molecular formula is C20H13N3O3. The van der Waals surface area contributed by atoms with Crippen LogP contribution in [0.1, 0.15) is 11.1 Å². The molecule has 0 saturated heterocycles. The van der Waals surface area contributed by atoms with Gasteiger partial charge in [0, 0.05) is 5.69 Å². The first-order chi connectivity index (χ1) is 12.6. The summed E-state index contributed by atoms with van der Waals surface area (Å²) >= 11 is 0. The number of aromatic hydroxyl groups is 1. The number of rotatable bonds is 3. The Hall–Kier alpha value is -4.07. The molecule has 0 aliphatic heterocycles. The second-order valence-electron chi connectivity index (χ2n) is 5.33. The van der Waals surface area contributed by atoms with Crippen LogP contribution in [0.15, 0.2) is 69.9 Å². The van der Waals surface area contributed by atoms with E-state index in [-0.39, 0.29) is 11.3 Å². The van der Waals surface area contributed by atoms with E-state index in [1.807, 2.05) is 30.3 Å². The van der Waals surface area contributed by atoms with Crippen LogP contribution >= 0.6 is 0 Å². The van der Waals surface area contributed by atoms with E-state index in [1.165, 1.54) is 12.1 Å². The van der Waals surface area contributed by atoms with Crippen LogP contribution < -0.4 is 11.2 Å². The predicted octanol–water partition coefficient (Wildman–Crippen LogP) is 3.11. The standard InChI is InChI=1S/C20H13N3O3/c1-21-15-10-6-11-16(13-15)23-19(25)17(18(24)22-20(23)26)12-5-9-14-7-3-2-4-8-14/h2-4,6-13,25H,(H,22,24,26). The quantitative estimate of drug-likeness (QED) is 0.566. The Morgan fingerprint density at radius 1 is 1.08 bits per heavy atom. The minimum Gasteiger partial charge on any atom is -0.494 e. The maximum absolute atomic E-state index is 12.1. The SMILES string of the molecule is [C-]#[N+]c1cccc(-n2c(O)c(C=C=Cc3ccccc3)c(=O)[nH]c2=O)c1. The van der Waals surface area contributed by atoms with Crippen molar-refractivity contribution in [1.29, 1.82) is 0 Å². The molecule has 26 heavy (non-hydrogen) atoms. The van der Waals surface area contributed by atoms with Gasteiger partial charge in [-0.2, -0.15) is 0 Å². The highest BCUT2D eigenvalue weighted by molar-refractivity contribution is 5.61. The molecule has 3 aromatic rings. The summed E-state index contributed by atoms with van der Waals surface area (Å²) < 4.78 is 0.937. The van der Waals surface area contributed by atoms with Crippen LogP contribution in [-0.2, 0) is 0 Å². The van der Waals surface area contributed by atoms with Gasteiger partial charge in [-0.05, 0) is 29.8 Å². The molecule has 3 rings (SSSR count). The van der Waals surface area contributed by atoms with Crippen LogP contribution in [-0.4, -0.2) is 14.7 Å². The number of nitrogens with one attached hydrogen (secondary N) is 1. The van der Waals surface area contributed by atoms with Crippen molar-refractivity contribution in [2.24, 2.45) is 0 Å². The van der Waals surface area contributed by atoms with Gasteiger partial charge in [-0.25, -0.2) is 14.2 Å². The van der Waals surface area contributed by atoms with Crippen LogP contribution in [0.3, 0.4) is 0 Å². The van der Waals surface area contributed by atoms with Crippen LogP contribution in [0.2, 0.25) is 0 Å². The van der Waals surface area contributed by atoms with Crippen LogP contribution in [0.25, 0.3) is 22.7 Å². The molecule has 126 valence electrons. The molecule has 6 nitrogen and oxygen atoms in total. The summed E-state index contributed by atoms with van der Waals surface area (Å²) in [5, 5.41) is 10.4. The highest BCUT2D eigenvalue weighted by atomic mass is 16.3. The van der Waals surface area contributed by atoms with E-state index in [4.69, 9.17) is 6.57 Å². The van der Waals surface area contributed by atoms with Gasteiger partial charge in [0.05, 0.1) is 6.57 Å². The molecule has 0 fully saturated rings. The predicted molar refractivity (Wildman–Crippen MR) is 99.5 cm³/mol. The van der Waals surface area contributed by atoms with Crippen molar-refractivity contribution in [1.82, 2.24) is 9.55 Å². The molecule has 0 aliphatic carbocycles. The van der Waals surface area contributed by atoms with Crippen molar-refractivity contribution >= 4 is 17.8 Å². The summed E-state index contributed by atoms with van der Waals surface area (Å²) in [6.07, 6.45) is 2.95. The fraction of sp³-hybridized carbons (Fsp3) is 0. The molecule has 0 aliphatic rings. The summed E-state index contributed by atoms with van der Waals surface area (Å²) in [6, 6.07) is 15.5. The first kappa shape index (κ1) is 16.8. The topological polar surface area (TPSA) is 79.5 Å². The zero-order chi connectivity index (χ0) is 18.5. The summed E-state index contributed by atoms with van der Waals surface area (Å²) in [6.45, 7) is 7.06. The van der Waals surface area contributed by atoms with Crippen molar-refractivity contribution in [3.8, 4) is 11.6 Å². The second-order valence-corrected chi connectivity index (χ2v) is 5.33. The molecule has 0 bridgehead atoms. The molecule has 0 saturated carbocycles. The van der Waals surface area contributed by atoms with E-state index < -0.39 is 17.1 Å². The fourth-order valence-corrected chi connectivity index (χ4v) is 2.38. The Balaban J connectivity index is 2.13. The van der Waals surface area contributed by atoms with E-state index in [1.54, 1.807) is 24.3 Å². The van der Waals surface area contributed by atoms with Crippen molar-refractivity contribution in [3.63, 3.8) is 0 Å². The number of benzene rings is 2. The fourth-order valence-electron chi connectivity index (χ4n) is 2.38. The first-order valence-corrected chi connectivity index (χ1v) is 7.64. The van der Waals surface area contributed by atoms with Crippen molar-refractivity contribution in [3.05, 3.63) is 104 Å². The van der Waals surface area contributed by atoms with Gasteiger partial charge in [-0.1, -0.05) is 42.5 Å². The lowest BCUT2D eigenvalue weighted by molar-refractivity contribution is 0.429. The van der Waals surface area contributed by atoms with Crippen molar-refractivity contribution < 1.29 is 5.11 Å². The number of hydrogen-bond donors (Lipinski definition) is 2. The lowest BCUT2D eigenvalue weighted by atomic mass is 10.2. The average Bonchev–Trinajstić information content (AvgIpc) is 2.65. The van der Waals surface area contributed by atoms with E-state index in [9.17, 15) is 14.7 Å². The average molecular weight is 343 g/mol. The number of nitrogens with zero attached hydrogens (tertiary/aromatic N) is 2. The van der Waals surface area contributed by atoms with Gasteiger partial charge in [-0.3, -0.25) is 9.78 Å². The third kappa shape index (κ3) is 3.39. The van der Waals surface area contributed by atoms with E-state index >= 15 is 0 Å². The number of H-pyrrole nitrogens is 1. The zero-order valence-electron chi connectivity index (χ0n) is 13.5. The number of aromatic amines is 1. The first-order valence-electron chi connectivity index (χ1n) is 7.64. The molecule has 1 aromatic heterocycles. The van der Waals surface area contributed by atoms with Crippen LogP contribution in [0.5, 0.6) is 5.88 Å². The minimum absolute atomic E-state index is 0.106. The second kappa shape index (κ2) is 7.22. The zero-order valence-corrected chi connectivity index (χ0v) is 13.5. The van der Waals surface area contributed by atoms with Crippen LogP contribution in [0.4, 0.5) is 5.69 Å². The molecular weight excluding hydrogens is 330 g/mol. The van der Waals surface area contributed by atoms with Crippen LogP contribution in [0, 0.1) is 6.57 Å². The maximum atomic E-state index is 12.1. The van der Waals surface area contributed by atoms with Gasteiger partial charge < -0.3 is 5.11 Å². The van der Waals surface area contributed by atoms with E-state index in [0.29, 0.717) is 5.69 Å². The van der Waals surface area contributed by atoms with E-state index in [2.05, 4.69) is 15.6 Å². The van der Waals surface area contributed by atoms with Crippen molar-refractivity contribution in [2.75, 3.05) is 0 Å². The van der Waals surface area contributed by atoms with Gasteiger partial charge in [0.25, 0.3) is 5.56 Å². The summed E-state index contributed by atoms with van der Waals surface area (Å²) in [7, 11) is 0. The summed E-state index contributed by atoms with van der Waals surface area (Å²) in [5.41, 5.74) is 2.66. The van der Waals surface area contributed by atoms with Gasteiger partial charge in [0.1, 0.15) is 5.56 Å². The molecule has 2 N–H and O–H groups in total. The lowest BCUT2D eigenvalue weighted by Gasteiger charge is -2.09. The largest absolute Gasteiger partial charge is 0.494 e. The molecule has 0 amide bonds. The highest BCUT2D eigenvalue weighted by Crippen LogP contribution is 2.21. The smallest absolute Gasteiger partial charge is 0.335 e. The number of aromatic nitrogens is 2. The van der Waals surface area contributed by atoms with E-state index in [0.717, 1.165) is 10.1 Å². The van der Waals surface area contributed by atoms with Gasteiger partial charge in [0.2, 0.25) is 5.88 Å². The Morgan fingerprint density at radius 2 is 1.85 bits per heavy atom. The van der Waals surface area contributed by atoms with Gasteiger partial charge in [0.15, 0.2) is 5.69 Å². The Morgan fingerprint density at radius 3 is 2.58 bits per heavy atom. The molecule has 0 unspecified atom stereocenters.